The Morgan fingerprint density at radius 3 is 2.52 bits per heavy atom. The van der Waals surface area contributed by atoms with Crippen LogP contribution in [0.2, 0.25) is 5.02 Å². The van der Waals surface area contributed by atoms with Crippen LogP contribution < -0.4 is 16.0 Å². The normalized spacial score (nSPS) is 10.7. The van der Waals surface area contributed by atoms with Crippen LogP contribution in [0.15, 0.2) is 29.3 Å². The van der Waals surface area contributed by atoms with Gasteiger partial charge in [0.25, 0.3) is 0 Å². The number of aliphatic imine (C=N–C) groups is 1. The van der Waals surface area contributed by atoms with Gasteiger partial charge in [0.2, 0.25) is 5.91 Å². The van der Waals surface area contributed by atoms with Crippen molar-refractivity contribution in [2.45, 2.75) is 33.2 Å². The molecule has 0 heterocycles. The molecule has 0 bridgehead atoms. The number of hydrogen-bond donors (Lipinski definition) is 3. The molecule has 0 fully saturated rings. The fraction of sp³-hybridized carbons (Fsp3) is 0.500. The van der Waals surface area contributed by atoms with Crippen molar-refractivity contribution in [3.05, 3.63) is 34.9 Å². The highest BCUT2D eigenvalue weighted by atomic mass is 127. The topological polar surface area (TPSA) is 65.5 Å². The molecule has 1 rings (SSSR count). The molecule has 1 amide bonds. The Kier molecular flexibility index (Phi) is 12.8. The molecular weight excluding hydrogens is 427 g/mol. The summed E-state index contributed by atoms with van der Waals surface area (Å²) in [5, 5.41) is 9.86. The summed E-state index contributed by atoms with van der Waals surface area (Å²) in [6, 6.07) is 7.64. The molecule has 1 aromatic rings. The lowest BCUT2D eigenvalue weighted by molar-refractivity contribution is -0.120. The highest BCUT2D eigenvalue weighted by Gasteiger charge is 2.03. The van der Waals surface area contributed by atoms with Gasteiger partial charge in [-0.1, -0.05) is 36.7 Å². The number of nitrogens with zero attached hydrogens (tertiary/aromatic N) is 1. The molecule has 0 unspecified atom stereocenters. The predicted molar refractivity (Wildman–Crippen MR) is 108 cm³/mol. The maximum atomic E-state index is 11.5. The number of carbonyl (C=O) groups excluding carboxylic acids is 1. The molecule has 0 aromatic heterocycles. The van der Waals surface area contributed by atoms with Crippen molar-refractivity contribution in [3.8, 4) is 0 Å². The number of rotatable bonds is 8. The summed E-state index contributed by atoms with van der Waals surface area (Å²) in [6.07, 6.45) is 1.37. The Morgan fingerprint density at radius 2 is 1.87 bits per heavy atom. The molecule has 3 N–H and O–H groups in total. The molecular formula is C16H26ClIN4O. The second kappa shape index (κ2) is 13.4. The molecule has 7 heteroatoms. The van der Waals surface area contributed by atoms with E-state index in [1.54, 1.807) is 0 Å². The summed E-state index contributed by atoms with van der Waals surface area (Å²) in [6.45, 7) is 6.56. The quantitative estimate of drug-likeness (QED) is 0.323. The Labute approximate surface area is 160 Å². The molecule has 1 aromatic carbocycles. The van der Waals surface area contributed by atoms with Gasteiger partial charge in [-0.2, -0.15) is 0 Å². The van der Waals surface area contributed by atoms with E-state index >= 15 is 0 Å². The maximum Gasteiger partial charge on any atom is 0.221 e. The number of carbonyl (C=O) groups is 1. The van der Waals surface area contributed by atoms with E-state index in [0.717, 1.165) is 25.1 Å². The summed E-state index contributed by atoms with van der Waals surface area (Å²) >= 11 is 6.12. The second-order valence-corrected chi connectivity index (χ2v) is 5.22. The van der Waals surface area contributed by atoms with Crippen molar-refractivity contribution >= 4 is 47.4 Å². The van der Waals surface area contributed by atoms with Gasteiger partial charge >= 0.3 is 0 Å². The summed E-state index contributed by atoms with van der Waals surface area (Å²) < 4.78 is 0. The van der Waals surface area contributed by atoms with Gasteiger partial charge in [0.15, 0.2) is 5.96 Å². The lowest BCUT2D eigenvalue weighted by Crippen LogP contribution is -2.39. The zero-order chi connectivity index (χ0) is 16.2. The zero-order valence-electron chi connectivity index (χ0n) is 13.7. The van der Waals surface area contributed by atoms with Crippen LogP contribution in [0.25, 0.3) is 0 Å². The van der Waals surface area contributed by atoms with Crippen molar-refractivity contribution in [3.63, 3.8) is 0 Å². The number of nitrogens with one attached hydrogen (secondary N) is 3. The Hall–Kier alpha value is -1.02. The van der Waals surface area contributed by atoms with E-state index in [1.807, 2.05) is 38.1 Å². The van der Waals surface area contributed by atoms with E-state index in [2.05, 4.69) is 20.9 Å². The van der Waals surface area contributed by atoms with Gasteiger partial charge in [-0.3, -0.25) is 4.79 Å². The minimum Gasteiger partial charge on any atom is -0.357 e. The van der Waals surface area contributed by atoms with Crippen LogP contribution in [0, 0.1) is 0 Å². The number of benzene rings is 1. The molecule has 0 saturated carbocycles. The van der Waals surface area contributed by atoms with E-state index in [9.17, 15) is 4.79 Å². The molecule has 0 saturated heterocycles. The zero-order valence-corrected chi connectivity index (χ0v) is 16.8. The molecule has 0 aliphatic carbocycles. The van der Waals surface area contributed by atoms with Gasteiger partial charge in [-0.15, -0.1) is 24.0 Å². The first-order valence-corrected chi connectivity index (χ1v) is 8.07. The third kappa shape index (κ3) is 9.65. The molecule has 130 valence electrons. The Bertz CT molecular complexity index is 497. The van der Waals surface area contributed by atoms with Gasteiger partial charge in [0, 0.05) is 31.1 Å². The second-order valence-electron chi connectivity index (χ2n) is 4.81. The van der Waals surface area contributed by atoms with Crippen molar-refractivity contribution in [1.82, 2.24) is 16.0 Å². The lowest BCUT2D eigenvalue weighted by atomic mass is 10.2. The van der Waals surface area contributed by atoms with E-state index in [-0.39, 0.29) is 29.9 Å². The highest BCUT2D eigenvalue weighted by Crippen LogP contribution is 2.15. The number of halogens is 2. The monoisotopic (exact) mass is 452 g/mol. The fourth-order valence-electron chi connectivity index (χ4n) is 1.78. The fourth-order valence-corrected chi connectivity index (χ4v) is 1.98. The third-order valence-electron chi connectivity index (χ3n) is 2.93. The largest absolute Gasteiger partial charge is 0.357 e. The molecule has 5 nitrogen and oxygen atoms in total. The average molecular weight is 453 g/mol. The number of guanidine groups is 1. The minimum absolute atomic E-state index is 0. The standard InChI is InChI=1S/C16H25ClN4O.HI/c1-3-10-19-15(22)9-11-20-16(18-4-2)21-12-13-7-5-6-8-14(13)17;/h5-8H,3-4,9-12H2,1-2H3,(H,19,22)(H2,18,20,21);1H. The van der Waals surface area contributed by atoms with Gasteiger partial charge in [0.05, 0.1) is 6.54 Å². The smallest absolute Gasteiger partial charge is 0.221 e. The summed E-state index contributed by atoms with van der Waals surface area (Å²) in [5.41, 5.74) is 0.974. The van der Waals surface area contributed by atoms with Crippen LogP contribution in [-0.4, -0.2) is 31.5 Å². The molecule has 0 radical (unpaired) electrons. The van der Waals surface area contributed by atoms with E-state index in [1.165, 1.54) is 0 Å². The van der Waals surface area contributed by atoms with Gasteiger partial charge in [0.1, 0.15) is 0 Å². The number of hydrogen-bond acceptors (Lipinski definition) is 2. The van der Waals surface area contributed by atoms with E-state index in [0.29, 0.717) is 30.5 Å². The highest BCUT2D eigenvalue weighted by molar-refractivity contribution is 14.0. The lowest BCUT2D eigenvalue weighted by Gasteiger charge is -2.11. The Morgan fingerprint density at radius 1 is 1.13 bits per heavy atom. The molecule has 0 aliphatic heterocycles. The van der Waals surface area contributed by atoms with Crippen LogP contribution in [0.4, 0.5) is 0 Å². The maximum absolute atomic E-state index is 11.5. The van der Waals surface area contributed by atoms with Crippen LogP contribution >= 0.6 is 35.6 Å². The predicted octanol–water partition coefficient (Wildman–Crippen LogP) is 2.93. The number of amides is 1. The van der Waals surface area contributed by atoms with Crippen molar-refractivity contribution in [2.24, 2.45) is 4.99 Å². The molecule has 0 aliphatic rings. The molecule has 0 atom stereocenters. The minimum atomic E-state index is 0. The SMILES string of the molecule is CCCNC(=O)CCNC(=NCc1ccccc1Cl)NCC.I. The van der Waals surface area contributed by atoms with Crippen molar-refractivity contribution in [2.75, 3.05) is 19.6 Å². The molecule has 23 heavy (non-hydrogen) atoms. The van der Waals surface area contributed by atoms with Crippen LogP contribution in [-0.2, 0) is 11.3 Å². The van der Waals surface area contributed by atoms with Crippen molar-refractivity contribution in [1.29, 1.82) is 0 Å². The Balaban J connectivity index is 0.00000484. The first kappa shape index (κ1) is 22.0. The van der Waals surface area contributed by atoms with Gasteiger partial charge in [-0.05, 0) is 25.0 Å². The van der Waals surface area contributed by atoms with Crippen LogP contribution in [0.3, 0.4) is 0 Å². The first-order valence-electron chi connectivity index (χ1n) is 7.69. The summed E-state index contributed by atoms with van der Waals surface area (Å²) in [5.74, 6) is 0.738. The third-order valence-corrected chi connectivity index (χ3v) is 3.29. The summed E-state index contributed by atoms with van der Waals surface area (Å²) in [4.78, 5) is 16.0. The van der Waals surface area contributed by atoms with Crippen LogP contribution in [0.1, 0.15) is 32.3 Å². The summed E-state index contributed by atoms with van der Waals surface area (Å²) in [7, 11) is 0. The van der Waals surface area contributed by atoms with Gasteiger partial charge in [-0.25, -0.2) is 4.99 Å². The molecule has 0 spiro atoms. The van der Waals surface area contributed by atoms with E-state index in [4.69, 9.17) is 11.6 Å². The van der Waals surface area contributed by atoms with Gasteiger partial charge < -0.3 is 16.0 Å². The van der Waals surface area contributed by atoms with Crippen molar-refractivity contribution < 1.29 is 4.79 Å². The first-order chi connectivity index (χ1) is 10.7. The van der Waals surface area contributed by atoms with Crippen LogP contribution in [0.5, 0.6) is 0 Å². The average Bonchev–Trinajstić information content (AvgIpc) is 2.52. The van der Waals surface area contributed by atoms with E-state index < -0.39 is 0 Å².